The molecule has 5 heteroatoms. The van der Waals surface area contributed by atoms with E-state index in [9.17, 15) is 4.39 Å². The van der Waals surface area contributed by atoms with E-state index in [1.54, 1.807) is 12.1 Å². The molecular weight excluding hydrogens is 281 g/mol. The van der Waals surface area contributed by atoms with Crippen LogP contribution in [0.15, 0.2) is 28.2 Å². The van der Waals surface area contributed by atoms with Gasteiger partial charge in [-0.05, 0) is 34.1 Å². The molecule has 0 saturated carbocycles. The van der Waals surface area contributed by atoms with Crippen molar-refractivity contribution in [3.8, 4) is 16.3 Å². The number of nitrogens with zero attached hydrogens (tertiary/aromatic N) is 1. The van der Waals surface area contributed by atoms with E-state index >= 15 is 0 Å². The van der Waals surface area contributed by atoms with Crippen LogP contribution in [-0.2, 0) is 0 Å². The third-order valence-corrected chi connectivity index (χ3v) is 3.48. The molecule has 1 heterocycles. The maximum absolute atomic E-state index is 13.4. The Morgan fingerprint density at radius 3 is 2.80 bits per heavy atom. The summed E-state index contributed by atoms with van der Waals surface area (Å²) in [6, 6.07) is 4.80. The minimum absolute atomic E-state index is 0.245. The second-order valence-electron chi connectivity index (χ2n) is 2.82. The van der Waals surface area contributed by atoms with Gasteiger partial charge < -0.3 is 4.74 Å². The molecule has 0 aliphatic rings. The smallest absolute Gasteiger partial charge is 0.165 e. The summed E-state index contributed by atoms with van der Waals surface area (Å²) in [5, 5.41) is 2.64. The van der Waals surface area contributed by atoms with E-state index in [2.05, 4.69) is 20.9 Å². The SMILES string of the molecule is COc1ccc(-c2nc(Br)cs2)cc1F. The molecule has 1 aromatic heterocycles. The molecule has 0 fully saturated rings. The second kappa shape index (κ2) is 4.28. The Labute approximate surface area is 98.9 Å². The molecule has 0 radical (unpaired) electrons. The molecule has 0 saturated heterocycles. The van der Waals surface area contributed by atoms with Gasteiger partial charge in [-0.1, -0.05) is 0 Å². The lowest BCUT2D eigenvalue weighted by molar-refractivity contribution is 0.386. The number of aromatic nitrogens is 1. The molecule has 0 aliphatic carbocycles. The van der Waals surface area contributed by atoms with E-state index in [-0.39, 0.29) is 11.6 Å². The first-order valence-corrected chi connectivity index (χ1v) is 5.83. The zero-order valence-electron chi connectivity index (χ0n) is 7.83. The Kier molecular flexibility index (Phi) is 3.02. The Morgan fingerprint density at radius 2 is 2.27 bits per heavy atom. The van der Waals surface area contributed by atoms with Crippen LogP contribution in [-0.4, -0.2) is 12.1 Å². The van der Waals surface area contributed by atoms with Crippen LogP contribution in [0.25, 0.3) is 10.6 Å². The fourth-order valence-corrected chi connectivity index (χ4v) is 2.44. The van der Waals surface area contributed by atoms with Gasteiger partial charge in [0.15, 0.2) is 11.6 Å². The highest BCUT2D eigenvalue weighted by Crippen LogP contribution is 2.29. The van der Waals surface area contributed by atoms with Crippen molar-refractivity contribution in [3.05, 3.63) is 34.0 Å². The molecule has 1 aromatic carbocycles. The first-order chi connectivity index (χ1) is 7.20. The molecule has 15 heavy (non-hydrogen) atoms. The maximum atomic E-state index is 13.4. The van der Waals surface area contributed by atoms with E-state index in [1.165, 1.54) is 24.5 Å². The number of ether oxygens (including phenoxy) is 1. The average Bonchev–Trinajstić information content (AvgIpc) is 2.65. The third kappa shape index (κ3) is 2.18. The van der Waals surface area contributed by atoms with Gasteiger partial charge in [0.05, 0.1) is 7.11 Å². The van der Waals surface area contributed by atoms with Crippen LogP contribution in [0.2, 0.25) is 0 Å². The Hall–Kier alpha value is -0.940. The molecule has 0 atom stereocenters. The molecule has 0 bridgehead atoms. The highest BCUT2D eigenvalue weighted by molar-refractivity contribution is 9.10. The highest BCUT2D eigenvalue weighted by Gasteiger charge is 2.07. The topological polar surface area (TPSA) is 22.1 Å². The van der Waals surface area contributed by atoms with Gasteiger partial charge >= 0.3 is 0 Å². The number of methoxy groups -OCH3 is 1. The van der Waals surface area contributed by atoms with Crippen molar-refractivity contribution in [3.63, 3.8) is 0 Å². The third-order valence-electron chi connectivity index (χ3n) is 1.87. The molecule has 2 nitrogen and oxygen atoms in total. The predicted octanol–water partition coefficient (Wildman–Crippen LogP) is 3.72. The van der Waals surface area contributed by atoms with E-state index < -0.39 is 0 Å². The molecule has 2 rings (SSSR count). The van der Waals surface area contributed by atoms with Crippen molar-refractivity contribution in [2.45, 2.75) is 0 Å². The molecule has 0 spiro atoms. The van der Waals surface area contributed by atoms with Crippen LogP contribution < -0.4 is 4.74 Å². The average molecular weight is 288 g/mol. The molecule has 0 unspecified atom stereocenters. The summed E-state index contributed by atoms with van der Waals surface area (Å²) in [5.41, 5.74) is 0.754. The molecule has 0 aliphatic heterocycles. The predicted molar refractivity (Wildman–Crippen MR) is 61.8 cm³/mol. The standard InChI is InChI=1S/C10H7BrFNOS/c1-14-8-3-2-6(4-7(8)12)10-13-9(11)5-15-10/h2-5H,1H3. The summed E-state index contributed by atoms with van der Waals surface area (Å²) in [5.74, 6) is -0.129. The van der Waals surface area contributed by atoms with Gasteiger partial charge in [0.2, 0.25) is 0 Å². The van der Waals surface area contributed by atoms with Crippen molar-refractivity contribution in [2.24, 2.45) is 0 Å². The highest BCUT2D eigenvalue weighted by atomic mass is 79.9. The van der Waals surface area contributed by atoms with Gasteiger partial charge in [0, 0.05) is 10.9 Å². The van der Waals surface area contributed by atoms with Crippen LogP contribution in [0.3, 0.4) is 0 Å². The van der Waals surface area contributed by atoms with Gasteiger partial charge in [-0.3, -0.25) is 0 Å². The Bertz CT molecular complexity index is 486. The summed E-state index contributed by atoms with van der Waals surface area (Å²) in [6.45, 7) is 0. The quantitative estimate of drug-likeness (QED) is 0.840. The normalized spacial score (nSPS) is 10.3. The molecule has 0 amide bonds. The summed E-state index contributed by atoms with van der Waals surface area (Å²) in [6.07, 6.45) is 0. The van der Waals surface area contributed by atoms with E-state index in [0.717, 1.165) is 15.2 Å². The molecular formula is C10H7BrFNOS. The van der Waals surface area contributed by atoms with Crippen molar-refractivity contribution in [2.75, 3.05) is 7.11 Å². The number of benzene rings is 1. The zero-order chi connectivity index (χ0) is 10.8. The number of hydrogen-bond acceptors (Lipinski definition) is 3. The monoisotopic (exact) mass is 287 g/mol. The first kappa shape index (κ1) is 10.6. The number of thiazole rings is 1. The largest absolute Gasteiger partial charge is 0.494 e. The van der Waals surface area contributed by atoms with E-state index in [0.29, 0.717) is 0 Å². The fourth-order valence-electron chi connectivity index (χ4n) is 1.19. The van der Waals surface area contributed by atoms with Gasteiger partial charge in [0.1, 0.15) is 9.61 Å². The summed E-state index contributed by atoms with van der Waals surface area (Å²) in [4.78, 5) is 4.21. The summed E-state index contributed by atoms with van der Waals surface area (Å²) < 4.78 is 19.0. The van der Waals surface area contributed by atoms with Gasteiger partial charge in [-0.15, -0.1) is 11.3 Å². The van der Waals surface area contributed by atoms with Gasteiger partial charge in [-0.2, -0.15) is 0 Å². The summed E-state index contributed by atoms with van der Waals surface area (Å²) in [7, 11) is 1.44. The van der Waals surface area contributed by atoms with Crippen molar-refractivity contribution >= 4 is 27.3 Å². The Balaban J connectivity index is 2.42. The van der Waals surface area contributed by atoms with Crippen LogP contribution in [0, 0.1) is 5.82 Å². The van der Waals surface area contributed by atoms with Crippen molar-refractivity contribution < 1.29 is 9.13 Å². The van der Waals surface area contributed by atoms with Crippen molar-refractivity contribution in [1.29, 1.82) is 0 Å². The zero-order valence-corrected chi connectivity index (χ0v) is 10.2. The molecule has 2 aromatic rings. The lowest BCUT2D eigenvalue weighted by Crippen LogP contribution is -1.88. The Morgan fingerprint density at radius 1 is 1.47 bits per heavy atom. The van der Waals surface area contributed by atoms with E-state index in [4.69, 9.17) is 4.74 Å². The molecule has 0 N–H and O–H groups in total. The van der Waals surface area contributed by atoms with Crippen LogP contribution in [0.5, 0.6) is 5.75 Å². The lowest BCUT2D eigenvalue weighted by atomic mass is 10.2. The lowest BCUT2D eigenvalue weighted by Gasteiger charge is -2.02. The minimum atomic E-state index is -0.374. The van der Waals surface area contributed by atoms with E-state index in [1.807, 2.05) is 5.38 Å². The fraction of sp³-hybridized carbons (Fsp3) is 0.100. The van der Waals surface area contributed by atoms with Crippen LogP contribution in [0.4, 0.5) is 4.39 Å². The molecule has 78 valence electrons. The number of halogens is 2. The maximum Gasteiger partial charge on any atom is 0.165 e. The van der Waals surface area contributed by atoms with Crippen LogP contribution in [0.1, 0.15) is 0 Å². The first-order valence-electron chi connectivity index (χ1n) is 4.15. The summed E-state index contributed by atoms with van der Waals surface area (Å²) >= 11 is 4.72. The minimum Gasteiger partial charge on any atom is -0.494 e. The number of rotatable bonds is 2. The van der Waals surface area contributed by atoms with Crippen molar-refractivity contribution in [1.82, 2.24) is 4.98 Å². The van der Waals surface area contributed by atoms with Gasteiger partial charge in [-0.25, -0.2) is 9.37 Å². The second-order valence-corrected chi connectivity index (χ2v) is 4.50. The van der Waals surface area contributed by atoms with Gasteiger partial charge in [0.25, 0.3) is 0 Å². The van der Waals surface area contributed by atoms with Crippen LogP contribution >= 0.6 is 27.3 Å². The number of hydrogen-bond donors (Lipinski definition) is 0.